The molecule has 2 aromatic carbocycles. The number of hydrogen-bond donors (Lipinski definition) is 1. The van der Waals surface area contributed by atoms with Crippen LogP contribution in [-0.4, -0.2) is 23.7 Å². The van der Waals surface area contributed by atoms with E-state index in [2.05, 4.69) is 86.4 Å². The van der Waals surface area contributed by atoms with Crippen LogP contribution in [0.5, 0.6) is 0 Å². The van der Waals surface area contributed by atoms with Crippen LogP contribution in [0.3, 0.4) is 0 Å². The third kappa shape index (κ3) is 3.94. The van der Waals surface area contributed by atoms with Crippen molar-refractivity contribution in [2.75, 3.05) is 11.9 Å². The monoisotopic (exact) mass is 417 g/mol. The Morgan fingerprint density at radius 1 is 1.17 bits per heavy atom. The number of hydrogen-bond acceptors (Lipinski definition) is 4. The smallest absolute Gasteiger partial charge is 0.264 e. The van der Waals surface area contributed by atoms with Crippen LogP contribution in [0.2, 0.25) is 0 Å². The van der Waals surface area contributed by atoms with Gasteiger partial charge in [0.05, 0.1) is 16.1 Å². The van der Waals surface area contributed by atoms with Crippen molar-refractivity contribution in [1.82, 2.24) is 5.32 Å². The summed E-state index contributed by atoms with van der Waals surface area (Å²) in [5.41, 5.74) is 6.79. The molecule has 1 amide bonds. The number of amides is 1. The minimum absolute atomic E-state index is 0.0149. The number of nitrogens with one attached hydrogen (secondary N) is 1. The maximum Gasteiger partial charge on any atom is 0.264 e. The molecule has 1 N–H and O–H groups in total. The molecule has 1 saturated heterocycles. The number of carbonyl (C=O) groups excluding carboxylic acids is 1. The lowest BCUT2D eigenvalue weighted by Crippen LogP contribution is -2.42. The average Bonchev–Trinajstić information content (AvgIpc) is 3.05. The molecular weight excluding hydrogens is 390 g/mol. The molecule has 0 unspecified atom stereocenters. The number of amidine groups is 1. The second-order valence-electron chi connectivity index (χ2n) is 8.32. The lowest BCUT2D eigenvalue weighted by Gasteiger charge is -2.40. The van der Waals surface area contributed by atoms with E-state index < -0.39 is 0 Å². The molecule has 30 heavy (non-hydrogen) atoms. The molecule has 2 aliphatic heterocycles. The van der Waals surface area contributed by atoms with E-state index in [1.54, 1.807) is 0 Å². The van der Waals surface area contributed by atoms with Crippen LogP contribution >= 0.6 is 11.8 Å². The third-order valence-corrected chi connectivity index (χ3v) is 6.67. The second kappa shape index (κ2) is 7.80. The molecule has 4 nitrogen and oxygen atoms in total. The van der Waals surface area contributed by atoms with Gasteiger partial charge in [-0.2, -0.15) is 0 Å². The molecule has 0 bridgehead atoms. The van der Waals surface area contributed by atoms with Gasteiger partial charge in [-0.3, -0.25) is 4.79 Å². The number of allylic oxidation sites excluding steroid dienone is 1. The number of carbonyl (C=O) groups is 1. The molecule has 0 aromatic heterocycles. The van der Waals surface area contributed by atoms with Gasteiger partial charge in [0.1, 0.15) is 0 Å². The second-order valence-corrected chi connectivity index (χ2v) is 9.35. The lowest BCUT2D eigenvalue weighted by molar-refractivity contribution is -0.115. The van der Waals surface area contributed by atoms with Crippen molar-refractivity contribution in [3.05, 3.63) is 70.1 Å². The molecule has 2 aromatic rings. The van der Waals surface area contributed by atoms with Crippen molar-refractivity contribution in [2.24, 2.45) is 4.99 Å². The van der Waals surface area contributed by atoms with Gasteiger partial charge in [-0.05, 0) is 86.0 Å². The van der Waals surface area contributed by atoms with Crippen LogP contribution in [0.1, 0.15) is 44.4 Å². The Morgan fingerprint density at radius 3 is 2.60 bits per heavy atom. The average molecular weight is 418 g/mol. The van der Waals surface area contributed by atoms with Gasteiger partial charge in [-0.15, -0.1) is 0 Å². The van der Waals surface area contributed by atoms with Crippen molar-refractivity contribution in [2.45, 2.75) is 39.7 Å². The number of benzene rings is 2. The van der Waals surface area contributed by atoms with Crippen molar-refractivity contribution >= 4 is 45.9 Å². The van der Waals surface area contributed by atoms with Gasteiger partial charge in [-0.1, -0.05) is 31.2 Å². The summed E-state index contributed by atoms with van der Waals surface area (Å²) in [4.78, 5) is 20.0. The molecular formula is C25H27N3OS. The minimum Gasteiger partial charge on any atom is -0.366 e. The Morgan fingerprint density at radius 2 is 1.90 bits per heavy atom. The SMILES string of the molecule is CCc1ccc(N=C2NC(=O)/C(=C\c3ccc4c(c3)C(C)=CC(C)(C)N4C)S2)cc1. The fourth-order valence-corrected chi connectivity index (χ4v) is 4.66. The summed E-state index contributed by atoms with van der Waals surface area (Å²) in [7, 11) is 2.12. The molecule has 0 radical (unpaired) electrons. The highest BCUT2D eigenvalue weighted by Gasteiger charge is 2.29. The van der Waals surface area contributed by atoms with E-state index in [9.17, 15) is 4.79 Å². The normalized spacial score (nSPS) is 20.4. The molecule has 1 fully saturated rings. The summed E-state index contributed by atoms with van der Waals surface area (Å²) in [6.45, 7) is 8.70. The summed E-state index contributed by atoms with van der Waals surface area (Å²) in [5.74, 6) is -0.104. The van der Waals surface area contributed by atoms with Gasteiger partial charge in [0, 0.05) is 18.3 Å². The fourth-order valence-electron chi connectivity index (χ4n) is 3.82. The first-order valence-electron chi connectivity index (χ1n) is 10.2. The Kier molecular flexibility index (Phi) is 5.33. The lowest BCUT2D eigenvalue weighted by atomic mass is 9.88. The predicted octanol–water partition coefficient (Wildman–Crippen LogP) is 5.77. The van der Waals surface area contributed by atoms with Gasteiger partial charge < -0.3 is 10.2 Å². The quantitative estimate of drug-likeness (QED) is 0.645. The van der Waals surface area contributed by atoms with Crippen LogP contribution in [0.25, 0.3) is 11.6 Å². The van der Waals surface area contributed by atoms with Crippen molar-refractivity contribution in [1.29, 1.82) is 0 Å². The number of rotatable bonds is 3. The van der Waals surface area contributed by atoms with Crippen molar-refractivity contribution < 1.29 is 4.79 Å². The molecule has 0 spiro atoms. The highest BCUT2D eigenvalue weighted by Crippen LogP contribution is 2.39. The van der Waals surface area contributed by atoms with Crippen LogP contribution in [0.4, 0.5) is 11.4 Å². The number of aliphatic imine (C=N–C) groups is 1. The number of likely N-dealkylation sites (N-methyl/N-ethyl adjacent to an activating group) is 1. The van der Waals surface area contributed by atoms with E-state index in [-0.39, 0.29) is 11.4 Å². The van der Waals surface area contributed by atoms with E-state index in [0.29, 0.717) is 10.1 Å². The molecule has 5 heteroatoms. The maximum absolute atomic E-state index is 12.5. The summed E-state index contributed by atoms with van der Waals surface area (Å²) in [6.07, 6.45) is 5.23. The predicted molar refractivity (Wildman–Crippen MR) is 129 cm³/mol. The van der Waals surface area contributed by atoms with Crippen LogP contribution in [-0.2, 0) is 11.2 Å². The summed E-state index contributed by atoms with van der Waals surface area (Å²) >= 11 is 1.38. The van der Waals surface area contributed by atoms with Crippen molar-refractivity contribution in [3.63, 3.8) is 0 Å². The van der Waals surface area contributed by atoms with E-state index in [4.69, 9.17) is 0 Å². The number of fused-ring (bicyclic) bond motifs is 1. The zero-order valence-electron chi connectivity index (χ0n) is 18.1. The maximum atomic E-state index is 12.5. The fraction of sp³-hybridized carbons (Fsp3) is 0.280. The van der Waals surface area contributed by atoms with Gasteiger partial charge in [-0.25, -0.2) is 4.99 Å². The highest BCUT2D eigenvalue weighted by molar-refractivity contribution is 8.18. The van der Waals surface area contributed by atoms with E-state index in [1.165, 1.54) is 34.1 Å². The standard InChI is InChI=1S/C25H27N3OS/c1-6-17-7-10-19(11-8-17)26-24-27-23(29)22(30-24)14-18-9-12-21-20(13-18)16(2)15-25(3,4)28(21)5/h7-15H,6H2,1-5H3,(H,26,27,29)/b22-14+. The summed E-state index contributed by atoms with van der Waals surface area (Å²) in [5, 5.41) is 3.49. The first-order chi connectivity index (χ1) is 14.3. The number of nitrogens with zero attached hydrogens (tertiary/aromatic N) is 2. The van der Waals surface area contributed by atoms with E-state index >= 15 is 0 Å². The number of aryl methyl sites for hydroxylation is 1. The number of thioether (sulfide) groups is 1. The largest absolute Gasteiger partial charge is 0.366 e. The molecule has 0 saturated carbocycles. The van der Waals surface area contributed by atoms with Crippen molar-refractivity contribution in [3.8, 4) is 0 Å². The van der Waals surface area contributed by atoms with E-state index in [1.807, 2.05) is 18.2 Å². The highest BCUT2D eigenvalue weighted by atomic mass is 32.2. The Balaban J connectivity index is 1.59. The molecule has 2 aliphatic rings. The number of anilines is 1. The topological polar surface area (TPSA) is 44.7 Å². The van der Waals surface area contributed by atoms with Gasteiger partial charge in [0.2, 0.25) is 0 Å². The zero-order chi connectivity index (χ0) is 21.5. The Hall–Kier alpha value is -2.79. The zero-order valence-corrected chi connectivity index (χ0v) is 18.9. The molecule has 2 heterocycles. The molecule has 154 valence electrons. The molecule has 0 atom stereocenters. The first-order valence-corrected chi connectivity index (χ1v) is 11.0. The Bertz CT molecular complexity index is 1090. The third-order valence-electron chi connectivity index (χ3n) is 5.76. The summed E-state index contributed by atoms with van der Waals surface area (Å²) in [6, 6.07) is 14.5. The molecule has 0 aliphatic carbocycles. The van der Waals surface area contributed by atoms with Gasteiger partial charge >= 0.3 is 0 Å². The summed E-state index contributed by atoms with van der Waals surface area (Å²) < 4.78 is 0. The molecule has 4 rings (SSSR count). The first kappa shape index (κ1) is 20.5. The van der Waals surface area contributed by atoms with Crippen LogP contribution in [0, 0.1) is 0 Å². The van der Waals surface area contributed by atoms with Crippen LogP contribution < -0.4 is 10.2 Å². The van der Waals surface area contributed by atoms with E-state index in [0.717, 1.165) is 17.7 Å². The minimum atomic E-state index is -0.104. The van der Waals surface area contributed by atoms with Crippen LogP contribution in [0.15, 0.2) is 58.4 Å². The Labute approximate surface area is 182 Å². The van der Waals surface area contributed by atoms with Gasteiger partial charge in [0.15, 0.2) is 5.17 Å². The van der Waals surface area contributed by atoms with Gasteiger partial charge in [0.25, 0.3) is 5.91 Å².